The predicted molar refractivity (Wildman–Crippen MR) is 120 cm³/mol. The van der Waals surface area contributed by atoms with E-state index in [0.29, 0.717) is 13.1 Å². The highest BCUT2D eigenvalue weighted by atomic mass is 16.4. The summed E-state index contributed by atoms with van der Waals surface area (Å²) in [5.41, 5.74) is 5.68. The van der Waals surface area contributed by atoms with Crippen LogP contribution in [0, 0.1) is 0 Å². The van der Waals surface area contributed by atoms with Crippen molar-refractivity contribution in [2.24, 2.45) is 14.1 Å². The van der Waals surface area contributed by atoms with Crippen molar-refractivity contribution < 1.29 is 9.90 Å². The predicted octanol–water partition coefficient (Wildman–Crippen LogP) is 2.45. The van der Waals surface area contributed by atoms with Gasteiger partial charge in [0.05, 0.1) is 23.3 Å². The zero-order valence-electron chi connectivity index (χ0n) is 18.1. The molecule has 2 N–H and O–H groups in total. The summed E-state index contributed by atoms with van der Waals surface area (Å²) in [6, 6.07) is 8.36. The Morgan fingerprint density at radius 3 is 2.59 bits per heavy atom. The average molecular weight is 432 g/mol. The highest BCUT2D eigenvalue weighted by Crippen LogP contribution is 2.38. The Balaban J connectivity index is 1.61. The molecular weight excluding hydrogens is 408 g/mol. The van der Waals surface area contributed by atoms with Crippen LogP contribution >= 0.6 is 0 Å². The quantitative estimate of drug-likeness (QED) is 0.498. The number of rotatable bonds is 5. The van der Waals surface area contributed by atoms with Gasteiger partial charge in [0.2, 0.25) is 0 Å². The second-order valence-corrected chi connectivity index (χ2v) is 8.00. The number of amides is 1. The van der Waals surface area contributed by atoms with Crippen molar-refractivity contribution in [3.63, 3.8) is 0 Å². The Kier molecular flexibility index (Phi) is 4.76. The molecule has 4 heterocycles. The standard InChI is InChI=1S/C22H24N8O2/c1-4-13-5-7-14(8-6-13)19-16(9-25-28(19)2)18-17-20(29(3)27-18)23-12-24-21(17)30-10-15(11-30)26-22(31)32/h5-9,12,15,26H,4,10-11H2,1-3H3,(H,31,32). The van der Waals surface area contributed by atoms with E-state index in [4.69, 9.17) is 10.2 Å². The molecule has 0 atom stereocenters. The van der Waals surface area contributed by atoms with Gasteiger partial charge in [0.15, 0.2) is 5.65 Å². The van der Waals surface area contributed by atoms with Crippen molar-refractivity contribution in [3.8, 4) is 22.5 Å². The topological polar surface area (TPSA) is 114 Å². The Hall–Kier alpha value is -3.95. The van der Waals surface area contributed by atoms with E-state index in [1.165, 1.54) is 11.9 Å². The number of hydrogen-bond acceptors (Lipinski definition) is 6. The summed E-state index contributed by atoms with van der Waals surface area (Å²) < 4.78 is 3.61. The van der Waals surface area contributed by atoms with Crippen LogP contribution in [-0.2, 0) is 20.5 Å². The van der Waals surface area contributed by atoms with Crippen LogP contribution in [0.15, 0.2) is 36.8 Å². The molecule has 1 aliphatic rings. The van der Waals surface area contributed by atoms with E-state index in [2.05, 4.69) is 51.6 Å². The summed E-state index contributed by atoms with van der Waals surface area (Å²) in [4.78, 5) is 22.0. The van der Waals surface area contributed by atoms with Crippen molar-refractivity contribution in [2.75, 3.05) is 18.0 Å². The first-order valence-electron chi connectivity index (χ1n) is 10.5. The fourth-order valence-electron chi connectivity index (χ4n) is 4.27. The van der Waals surface area contributed by atoms with Crippen LogP contribution in [0.1, 0.15) is 12.5 Å². The molecule has 0 aliphatic carbocycles. The van der Waals surface area contributed by atoms with Gasteiger partial charge in [0, 0.05) is 38.3 Å². The molecule has 4 aromatic rings. The lowest BCUT2D eigenvalue weighted by atomic mass is 10.0. The lowest BCUT2D eigenvalue weighted by molar-refractivity contribution is 0.187. The maximum Gasteiger partial charge on any atom is 0.405 e. The zero-order chi connectivity index (χ0) is 22.4. The molecule has 1 fully saturated rings. The molecule has 10 heteroatoms. The summed E-state index contributed by atoms with van der Waals surface area (Å²) in [6.45, 7) is 3.23. The van der Waals surface area contributed by atoms with E-state index >= 15 is 0 Å². The van der Waals surface area contributed by atoms with E-state index in [0.717, 1.165) is 45.8 Å². The van der Waals surface area contributed by atoms with Gasteiger partial charge in [-0.25, -0.2) is 19.4 Å². The van der Waals surface area contributed by atoms with E-state index in [9.17, 15) is 4.79 Å². The summed E-state index contributed by atoms with van der Waals surface area (Å²) in [5.74, 6) is 0.748. The van der Waals surface area contributed by atoms with Crippen molar-refractivity contribution in [3.05, 3.63) is 42.4 Å². The Bertz CT molecular complexity index is 1300. The van der Waals surface area contributed by atoms with Crippen LogP contribution < -0.4 is 10.2 Å². The normalized spacial score (nSPS) is 14.0. The van der Waals surface area contributed by atoms with Crippen molar-refractivity contribution in [1.82, 2.24) is 34.8 Å². The maximum atomic E-state index is 10.9. The molecule has 1 aromatic carbocycles. The number of nitrogens with one attached hydrogen (secondary N) is 1. The smallest absolute Gasteiger partial charge is 0.405 e. The SMILES string of the molecule is CCc1ccc(-c2c(-c3nn(C)c4ncnc(N5CC(NC(=O)O)C5)c34)cnn2C)cc1. The molecule has 1 amide bonds. The van der Waals surface area contributed by atoms with Crippen LogP contribution in [0.25, 0.3) is 33.5 Å². The number of carboxylic acid groups (broad SMARTS) is 1. The number of anilines is 1. The molecule has 3 aromatic heterocycles. The van der Waals surface area contributed by atoms with Crippen LogP contribution in [0.4, 0.5) is 10.6 Å². The van der Waals surface area contributed by atoms with Gasteiger partial charge in [-0.3, -0.25) is 4.68 Å². The summed E-state index contributed by atoms with van der Waals surface area (Å²) in [5, 5.41) is 21.6. The number of nitrogens with zero attached hydrogens (tertiary/aromatic N) is 7. The fraction of sp³-hybridized carbons (Fsp3) is 0.318. The highest BCUT2D eigenvalue weighted by molar-refractivity contribution is 6.02. The highest BCUT2D eigenvalue weighted by Gasteiger charge is 2.32. The van der Waals surface area contributed by atoms with Gasteiger partial charge in [-0.2, -0.15) is 10.2 Å². The van der Waals surface area contributed by atoms with Gasteiger partial charge in [0.25, 0.3) is 0 Å². The molecule has 1 aliphatic heterocycles. The average Bonchev–Trinajstić information content (AvgIpc) is 3.30. The van der Waals surface area contributed by atoms with Crippen molar-refractivity contribution >= 4 is 22.9 Å². The molecule has 0 unspecified atom stereocenters. The van der Waals surface area contributed by atoms with Gasteiger partial charge >= 0.3 is 6.09 Å². The summed E-state index contributed by atoms with van der Waals surface area (Å²) >= 11 is 0. The first-order chi connectivity index (χ1) is 15.5. The molecule has 0 radical (unpaired) electrons. The minimum absolute atomic E-state index is 0.122. The molecule has 164 valence electrons. The zero-order valence-corrected chi connectivity index (χ0v) is 18.1. The molecule has 10 nitrogen and oxygen atoms in total. The Morgan fingerprint density at radius 2 is 1.91 bits per heavy atom. The Labute approximate surface area is 184 Å². The van der Waals surface area contributed by atoms with E-state index < -0.39 is 6.09 Å². The lowest BCUT2D eigenvalue weighted by Crippen LogP contribution is -2.59. The number of benzene rings is 1. The van der Waals surface area contributed by atoms with Gasteiger partial charge < -0.3 is 15.3 Å². The number of carbonyl (C=O) groups is 1. The molecule has 0 spiro atoms. The third-order valence-corrected chi connectivity index (χ3v) is 5.94. The van der Waals surface area contributed by atoms with Crippen LogP contribution in [-0.4, -0.2) is 59.9 Å². The van der Waals surface area contributed by atoms with Gasteiger partial charge in [-0.1, -0.05) is 31.2 Å². The van der Waals surface area contributed by atoms with Crippen LogP contribution in [0.2, 0.25) is 0 Å². The van der Waals surface area contributed by atoms with Gasteiger partial charge in [-0.05, 0) is 12.0 Å². The van der Waals surface area contributed by atoms with Crippen LogP contribution in [0.5, 0.6) is 0 Å². The fourth-order valence-corrected chi connectivity index (χ4v) is 4.27. The number of aromatic nitrogens is 6. The number of hydrogen-bond donors (Lipinski definition) is 2. The third kappa shape index (κ3) is 3.24. The third-order valence-electron chi connectivity index (χ3n) is 5.94. The number of aryl methyl sites for hydroxylation is 3. The molecule has 0 saturated carbocycles. The molecular formula is C22H24N8O2. The Morgan fingerprint density at radius 1 is 1.16 bits per heavy atom. The van der Waals surface area contributed by atoms with Crippen LogP contribution in [0.3, 0.4) is 0 Å². The minimum atomic E-state index is -1.02. The number of fused-ring (bicyclic) bond motifs is 1. The lowest BCUT2D eigenvalue weighted by Gasteiger charge is -2.39. The van der Waals surface area contributed by atoms with E-state index in [-0.39, 0.29) is 6.04 Å². The molecule has 0 bridgehead atoms. The van der Waals surface area contributed by atoms with E-state index in [1.54, 1.807) is 4.68 Å². The molecule has 32 heavy (non-hydrogen) atoms. The second-order valence-electron chi connectivity index (χ2n) is 8.00. The maximum absolute atomic E-state index is 10.9. The first-order valence-corrected chi connectivity index (χ1v) is 10.5. The van der Waals surface area contributed by atoms with Crippen molar-refractivity contribution in [1.29, 1.82) is 0 Å². The largest absolute Gasteiger partial charge is 0.465 e. The summed E-state index contributed by atoms with van der Waals surface area (Å²) in [7, 11) is 3.78. The van der Waals surface area contributed by atoms with Crippen molar-refractivity contribution in [2.45, 2.75) is 19.4 Å². The van der Waals surface area contributed by atoms with Gasteiger partial charge in [-0.15, -0.1) is 0 Å². The van der Waals surface area contributed by atoms with Gasteiger partial charge in [0.1, 0.15) is 17.8 Å². The molecule has 1 saturated heterocycles. The monoisotopic (exact) mass is 432 g/mol. The molecule has 5 rings (SSSR count). The van der Waals surface area contributed by atoms with E-state index in [1.807, 2.05) is 29.9 Å². The first kappa shape index (κ1) is 20.0. The summed E-state index contributed by atoms with van der Waals surface area (Å²) in [6.07, 6.45) is 3.32. The second kappa shape index (κ2) is 7.63. The minimum Gasteiger partial charge on any atom is -0.465 e.